The summed E-state index contributed by atoms with van der Waals surface area (Å²) in [5.74, 6) is 2.19. The van der Waals surface area contributed by atoms with Crippen molar-refractivity contribution < 1.29 is 23.9 Å². The summed E-state index contributed by atoms with van der Waals surface area (Å²) < 4.78 is 16.6. The number of methoxy groups -OCH3 is 1. The lowest BCUT2D eigenvalue weighted by Gasteiger charge is -2.32. The summed E-state index contributed by atoms with van der Waals surface area (Å²) in [5.41, 5.74) is 1.20. The van der Waals surface area contributed by atoms with Gasteiger partial charge in [-0.15, -0.1) is 0 Å². The summed E-state index contributed by atoms with van der Waals surface area (Å²) in [7, 11) is 1.65. The predicted octanol–water partition coefficient (Wildman–Crippen LogP) is 2.05. The lowest BCUT2D eigenvalue weighted by atomic mass is 10.1. The highest BCUT2D eigenvalue weighted by Gasteiger charge is 2.24. The molecule has 0 atom stereocenters. The third-order valence-corrected chi connectivity index (χ3v) is 5.23. The molecule has 1 aliphatic rings. The van der Waals surface area contributed by atoms with Gasteiger partial charge in [-0.25, -0.2) is 0 Å². The van der Waals surface area contributed by atoms with Crippen molar-refractivity contribution in [2.75, 3.05) is 46.5 Å². The van der Waals surface area contributed by atoms with Crippen molar-refractivity contribution in [3.8, 4) is 17.2 Å². The van der Waals surface area contributed by atoms with Gasteiger partial charge in [-0.2, -0.15) is 0 Å². The number of benzene rings is 2. The number of nitrogens with zero attached hydrogens (tertiary/aromatic N) is 1. The molecule has 0 aromatic heterocycles. The number of rotatable bonds is 8. The monoisotopic (exact) mass is 419 g/mol. The fourth-order valence-corrected chi connectivity index (χ4v) is 3.53. The molecule has 2 aromatic rings. The van der Waals surface area contributed by atoms with Crippen LogP contribution in [-0.2, 0) is 11.3 Å². The number of halogens is 1. The minimum absolute atomic E-state index is 0.0158. The summed E-state index contributed by atoms with van der Waals surface area (Å²) in [6, 6.07) is 13.1. The van der Waals surface area contributed by atoms with E-state index >= 15 is 0 Å². The van der Waals surface area contributed by atoms with Crippen LogP contribution >= 0.6 is 11.6 Å². The first-order valence-electron chi connectivity index (χ1n) is 9.88. The van der Waals surface area contributed by atoms with Gasteiger partial charge in [-0.1, -0.05) is 11.6 Å². The lowest BCUT2D eigenvalue weighted by molar-refractivity contribution is -0.917. The number of carbonyl (C=O) groups is 1. The summed E-state index contributed by atoms with van der Waals surface area (Å²) in [6.07, 6.45) is 0. The molecule has 1 aliphatic heterocycles. The molecular weight excluding hydrogens is 392 g/mol. The Balaban J connectivity index is 1.47. The van der Waals surface area contributed by atoms with Gasteiger partial charge < -0.3 is 24.0 Å². The normalized spacial score (nSPS) is 14.5. The van der Waals surface area contributed by atoms with Crippen LogP contribution < -0.4 is 19.1 Å². The van der Waals surface area contributed by atoms with E-state index in [1.54, 1.807) is 31.4 Å². The average molecular weight is 420 g/mol. The average Bonchev–Trinajstić information content (AvgIpc) is 2.74. The molecule has 1 saturated heterocycles. The Kier molecular flexibility index (Phi) is 7.61. The number of ether oxygens (including phenoxy) is 3. The molecule has 0 aliphatic carbocycles. The van der Waals surface area contributed by atoms with Gasteiger partial charge in [-0.3, -0.25) is 4.79 Å². The zero-order chi connectivity index (χ0) is 20.6. The molecule has 29 heavy (non-hydrogen) atoms. The minimum Gasteiger partial charge on any atom is -0.493 e. The molecule has 0 radical (unpaired) electrons. The van der Waals surface area contributed by atoms with Gasteiger partial charge in [-0.05, 0) is 49.4 Å². The van der Waals surface area contributed by atoms with Gasteiger partial charge in [0.2, 0.25) is 0 Å². The number of hydrogen-bond donors (Lipinski definition) is 1. The third-order valence-electron chi connectivity index (χ3n) is 4.98. The number of amides is 1. The fraction of sp³-hybridized carbons (Fsp3) is 0.409. The highest BCUT2D eigenvalue weighted by atomic mass is 35.5. The topological polar surface area (TPSA) is 52.4 Å². The molecule has 6 nitrogen and oxygen atoms in total. The molecule has 0 saturated carbocycles. The fourth-order valence-electron chi connectivity index (χ4n) is 3.40. The van der Waals surface area contributed by atoms with Crippen LogP contribution in [0.3, 0.4) is 0 Å². The number of hydrogen-bond acceptors (Lipinski definition) is 4. The van der Waals surface area contributed by atoms with Gasteiger partial charge in [0.15, 0.2) is 18.1 Å². The Morgan fingerprint density at radius 1 is 1.07 bits per heavy atom. The second kappa shape index (κ2) is 10.4. The van der Waals surface area contributed by atoms with Crippen molar-refractivity contribution in [2.45, 2.75) is 13.5 Å². The van der Waals surface area contributed by atoms with Gasteiger partial charge in [0.25, 0.3) is 5.91 Å². The Bertz CT molecular complexity index is 805. The third kappa shape index (κ3) is 6.02. The zero-order valence-electron chi connectivity index (χ0n) is 16.9. The van der Waals surface area contributed by atoms with Crippen LogP contribution in [0.5, 0.6) is 17.2 Å². The predicted molar refractivity (Wildman–Crippen MR) is 112 cm³/mol. The van der Waals surface area contributed by atoms with E-state index in [0.29, 0.717) is 17.4 Å². The highest BCUT2D eigenvalue weighted by molar-refractivity contribution is 6.30. The second-order valence-corrected chi connectivity index (χ2v) is 7.40. The van der Waals surface area contributed by atoms with Crippen LogP contribution in [0.1, 0.15) is 12.5 Å². The highest BCUT2D eigenvalue weighted by Crippen LogP contribution is 2.27. The van der Waals surface area contributed by atoms with Crippen LogP contribution in [0.25, 0.3) is 0 Å². The minimum atomic E-state index is 0.0158. The van der Waals surface area contributed by atoms with E-state index in [1.165, 1.54) is 10.5 Å². The van der Waals surface area contributed by atoms with E-state index in [-0.39, 0.29) is 12.5 Å². The molecule has 0 unspecified atom stereocenters. The molecule has 2 aromatic carbocycles. The number of carbonyl (C=O) groups excluding carboxylic acids is 1. The van der Waals surface area contributed by atoms with E-state index < -0.39 is 0 Å². The molecule has 1 N–H and O–H groups in total. The summed E-state index contributed by atoms with van der Waals surface area (Å²) in [4.78, 5) is 15.7. The van der Waals surface area contributed by atoms with Crippen LogP contribution in [0.4, 0.5) is 0 Å². The largest absolute Gasteiger partial charge is 0.493 e. The number of quaternary nitrogens is 1. The van der Waals surface area contributed by atoms with Crippen LogP contribution in [0, 0.1) is 0 Å². The quantitative estimate of drug-likeness (QED) is 0.711. The first kappa shape index (κ1) is 21.3. The maximum atomic E-state index is 12.4. The van der Waals surface area contributed by atoms with Crippen LogP contribution in [-0.4, -0.2) is 57.3 Å². The van der Waals surface area contributed by atoms with Gasteiger partial charge in [0, 0.05) is 10.6 Å². The standard InChI is InChI=1S/C22H27ClN2O4/c1-3-28-21-14-17(4-9-20(21)27-2)15-24-10-12-25(13-11-24)22(26)16-29-19-7-5-18(23)6-8-19/h4-9,14H,3,10-13,15-16H2,1-2H3/p+1. The molecule has 7 heteroatoms. The number of piperazine rings is 1. The van der Waals surface area contributed by atoms with Crippen LogP contribution in [0.2, 0.25) is 5.02 Å². The van der Waals surface area contributed by atoms with E-state index in [1.807, 2.05) is 24.0 Å². The van der Waals surface area contributed by atoms with Gasteiger partial charge >= 0.3 is 0 Å². The van der Waals surface area contributed by atoms with Gasteiger partial charge in [0.05, 0.1) is 39.9 Å². The maximum Gasteiger partial charge on any atom is 0.260 e. The van der Waals surface area contributed by atoms with Crippen molar-refractivity contribution in [1.82, 2.24) is 4.90 Å². The van der Waals surface area contributed by atoms with Crippen molar-refractivity contribution >= 4 is 17.5 Å². The lowest BCUT2D eigenvalue weighted by Crippen LogP contribution is -3.13. The first-order valence-corrected chi connectivity index (χ1v) is 10.3. The summed E-state index contributed by atoms with van der Waals surface area (Å²) >= 11 is 5.86. The van der Waals surface area contributed by atoms with E-state index in [0.717, 1.165) is 44.2 Å². The van der Waals surface area contributed by atoms with Crippen molar-refractivity contribution in [2.24, 2.45) is 0 Å². The van der Waals surface area contributed by atoms with E-state index in [9.17, 15) is 4.79 Å². The maximum absolute atomic E-state index is 12.4. The molecule has 0 bridgehead atoms. The molecular formula is C22H28ClN2O4+. The van der Waals surface area contributed by atoms with Crippen molar-refractivity contribution in [1.29, 1.82) is 0 Å². The van der Waals surface area contributed by atoms with Crippen molar-refractivity contribution in [3.63, 3.8) is 0 Å². The molecule has 1 amide bonds. The molecule has 3 rings (SSSR count). The Morgan fingerprint density at radius 3 is 2.45 bits per heavy atom. The zero-order valence-corrected chi connectivity index (χ0v) is 17.7. The Labute approximate surface area is 176 Å². The van der Waals surface area contributed by atoms with E-state index in [4.69, 9.17) is 25.8 Å². The Hall–Kier alpha value is -2.44. The molecule has 0 spiro atoms. The molecule has 156 valence electrons. The summed E-state index contributed by atoms with van der Waals surface area (Å²) in [6.45, 7) is 6.78. The number of nitrogens with one attached hydrogen (secondary N) is 1. The smallest absolute Gasteiger partial charge is 0.260 e. The first-order chi connectivity index (χ1) is 14.1. The Morgan fingerprint density at radius 2 is 1.79 bits per heavy atom. The molecule has 1 heterocycles. The van der Waals surface area contributed by atoms with Crippen molar-refractivity contribution in [3.05, 3.63) is 53.1 Å². The van der Waals surface area contributed by atoms with Gasteiger partial charge in [0.1, 0.15) is 12.3 Å². The summed E-state index contributed by atoms with van der Waals surface area (Å²) in [5, 5.41) is 0.646. The van der Waals surface area contributed by atoms with E-state index in [2.05, 4.69) is 6.07 Å². The molecule has 1 fully saturated rings. The SMILES string of the molecule is CCOc1cc(C[NH+]2CCN(C(=O)COc3ccc(Cl)cc3)CC2)ccc1OC. The van der Waals surface area contributed by atoms with Crippen LogP contribution in [0.15, 0.2) is 42.5 Å². The second-order valence-electron chi connectivity index (χ2n) is 6.97.